The van der Waals surface area contributed by atoms with E-state index in [2.05, 4.69) is 60.7 Å². The van der Waals surface area contributed by atoms with E-state index < -0.39 is 0 Å². The maximum Gasteiger partial charge on any atom is 0.191 e. The number of pyridine rings is 1. The lowest BCUT2D eigenvalue weighted by Gasteiger charge is -2.15. The molecule has 152 valence electrons. The van der Waals surface area contributed by atoms with Crippen LogP contribution in [0.2, 0.25) is 0 Å². The highest BCUT2D eigenvalue weighted by Crippen LogP contribution is 2.20. The zero-order chi connectivity index (χ0) is 20.4. The van der Waals surface area contributed by atoms with Crippen LogP contribution in [-0.2, 0) is 13.1 Å². The maximum atomic E-state index is 5.91. The maximum absolute atomic E-state index is 5.91. The molecule has 0 saturated heterocycles. The number of nitrogens with one attached hydrogen (secondary N) is 2. The van der Waals surface area contributed by atoms with E-state index in [4.69, 9.17) is 9.73 Å². The Labute approximate surface area is 169 Å². The molecule has 0 radical (unpaired) electrons. The Bertz CT molecular complexity index is 773. The number of aromatic nitrogens is 1. The molecule has 6 nitrogen and oxygen atoms in total. The lowest BCUT2D eigenvalue weighted by Crippen LogP contribution is -2.36. The molecule has 28 heavy (non-hydrogen) atoms. The van der Waals surface area contributed by atoms with Gasteiger partial charge >= 0.3 is 0 Å². The molecule has 0 fully saturated rings. The van der Waals surface area contributed by atoms with Gasteiger partial charge in [-0.1, -0.05) is 19.1 Å². The van der Waals surface area contributed by atoms with Crippen LogP contribution in [0.15, 0.2) is 41.5 Å². The largest absolute Gasteiger partial charge is 0.493 e. The Hall–Kier alpha value is -2.76. The monoisotopic (exact) mass is 383 g/mol. The van der Waals surface area contributed by atoms with E-state index in [1.807, 2.05) is 31.3 Å². The van der Waals surface area contributed by atoms with Crippen LogP contribution in [0.25, 0.3) is 0 Å². The van der Waals surface area contributed by atoms with Gasteiger partial charge in [-0.15, -0.1) is 0 Å². The van der Waals surface area contributed by atoms with Gasteiger partial charge in [0.1, 0.15) is 11.6 Å². The molecule has 0 spiro atoms. The molecule has 2 aromatic rings. The van der Waals surface area contributed by atoms with Crippen LogP contribution in [0.1, 0.15) is 37.0 Å². The van der Waals surface area contributed by atoms with E-state index in [0.29, 0.717) is 13.1 Å². The fraction of sp³-hybridized carbons (Fsp3) is 0.455. The van der Waals surface area contributed by atoms with Gasteiger partial charge in [0, 0.05) is 38.9 Å². The molecule has 1 heterocycles. The number of hydrogen-bond donors (Lipinski definition) is 2. The van der Waals surface area contributed by atoms with E-state index in [9.17, 15) is 0 Å². The fourth-order valence-corrected chi connectivity index (χ4v) is 2.65. The van der Waals surface area contributed by atoms with E-state index in [0.717, 1.165) is 48.2 Å². The molecule has 2 rings (SSSR count). The molecule has 1 aromatic heterocycles. The normalized spacial score (nSPS) is 11.2. The van der Waals surface area contributed by atoms with Crippen molar-refractivity contribution in [1.29, 1.82) is 0 Å². The second-order valence-electron chi connectivity index (χ2n) is 6.93. The van der Waals surface area contributed by atoms with E-state index in [1.165, 1.54) is 5.56 Å². The highest BCUT2D eigenvalue weighted by atomic mass is 16.5. The minimum Gasteiger partial charge on any atom is -0.493 e. The molecule has 0 atom stereocenters. The van der Waals surface area contributed by atoms with Gasteiger partial charge in [-0.3, -0.25) is 0 Å². The van der Waals surface area contributed by atoms with Gasteiger partial charge in [0.2, 0.25) is 0 Å². The van der Waals surface area contributed by atoms with Crippen molar-refractivity contribution >= 4 is 11.8 Å². The van der Waals surface area contributed by atoms with Crippen LogP contribution < -0.4 is 20.3 Å². The van der Waals surface area contributed by atoms with Gasteiger partial charge in [0.25, 0.3) is 0 Å². The molecule has 2 N–H and O–H groups in total. The number of nitrogens with zero attached hydrogens (tertiary/aromatic N) is 3. The van der Waals surface area contributed by atoms with Crippen LogP contribution in [0.4, 0.5) is 5.82 Å². The molecule has 0 unspecified atom stereocenters. The van der Waals surface area contributed by atoms with Crippen molar-refractivity contribution in [3.63, 3.8) is 0 Å². The Kier molecular flexibility index (Phi) is 8.59. The molecule has 0 aliphatic rings. The third-order valence-corrected chi connectivity index (χ3v) is 4.16. The first-order valence-corrected chi connectivity index (χ1v) is 9.90. The summed E-state index contributed by atoms with van der Waals surface area (Å²) in [5, 5.41) is 6.72. The van der Waals surface area contributed by atoms with Crippen molar-refractivity contribution in [1.82, 2.24) is 15.6 Å². The van der Waals surface area contributed by atoms with Crippen LogP contribution in [0, 0.1) is 6.92 Å². The molecule has 6 heteroatoms. The average molecular weight is 384 g/mol. The molecule has 0 aliphatic heterocycles. The predicted molar refractivity (Wildman–Crippen MR) is 117 cm³/mol. The first kappa shape index (κ1) is 21.5. The molecule has 0 bridgehead atoms. The molecular weight excluding hydrogens is 350 g/mol. The third-order valence-electron chi connectivity index (χ3n) is 4.16. The van der Waals surface area contributed by atoms with Crippen molar-refractivity contribution < 1.29 is 4.74 Å². The number of ether oxygens (including phenoxy) is 1. The van der Waals surface area contributed by atoms with Crippen molar-refractivity contribution in [2.75, 3.05) is 32.1 Å². The van der Waals surface area contributed by atoms with Crippen LogP contribution in [0.5, 0.6) is 5.75 Å². The van der Waals surface area contributed by atoms with Crippen LogP contribution in [-0.4, -0.2) is 38.2 Å². The van der Waals surface area contributed by atoms with Crippen molar-refractivity contribution in [3.05, 3.63) is 53.2 Å². The smallest absolute Gasteiger partial charge is 0.191 e. The highest BCUT2D eigenvalue weighted by Gasteiger charge is 2.06. The molecule has 0 amide bonds. The number of hydrogen-bond acceptors (Lipinski definition) is 4. The summed E-state index contributed by atoms with van der Waals surface area (Å²) in [6.45, 7) is 9.04. The summed E-state index contributed by atoms with van der Waals surface area (Å²) in [7, 11) is 3.97. The first-order chi connectivity index (χ1) is 13.5. The van der Waals surface area contributed by atoms with Gasteiger partial charge in [-0.05, 0) is 49.6 Å². The quantitative estimate of drug-likeness (QED) is 0.513. The zero-order valence-corrected chi connectivity index (χ0v) is 17.7. The van der Waals surface area contributed by atoms with E-state index in [-0.39, 0.29) is 0 Å². The lowest BCUT2D eigenvalue weighted by molar-refractivity contribution is 0.313. The van der Waals surface area contributed by atoms with Gasteiger partial charge < -0.3 is 20.3 Å². The Morgan fingerprint density at radius 1 is 1.14 bits per heavy atom. The second kappa shape index (κ2) is 11.2. The second-order valence-corrected chi connectivity index (χ2v) is 6.93. The SMILES string of the molecule is CCCOc1cc(C)ccc1CNC(=NCc1ccnc(N(C)C)c1)NCC. The fourth-order valence-electron chi connectivity index (χ4n) is 2.65. The van der Waals surface area contributed by atoms with Crippen LogP contribution in [0.3, 0.4) is 0 Å². The van der Waals surface area contributed by atoms with Crippen molar-refractivity contribution in [3.8, 4) is 5.75 Å². The number of aliphatic imine (C=N–C) groups is 1. The summed E-state index contributed by atoms with van der Waals surface area (Å²) in [6.07, 6.45) is 2.82. The number of aryl methyl sites for hydroxylation is 1. The molecule has 0 aliphatic carbocycles. The van der Waals surface area contributed by atoms with Crippen LogP contribution >= 0.6 is 0 Å². The van der Waals surface area contributed by atoms with Gasteiger partial charge in [0.15, 0.2) is 5.96 Å². The highest BCUT2D eigenvalue weighted by molar-refractivity contribution is 5.79. The summed E-state index contributed by atoms with van der Waals surface area (Å²) < 4.78 is 5.91. The minimum atomic E-state index is 0.589. The average Bonchev–Trinajstić information content (AvgIpc) is 2.69. The number of rotatable bonds is 9. The Morgan fingerprint density at radius 2 is 1.96 bits per heavy atom. The number of benzene rings is 1. The van der Waals surface area contributed by atoms with E-state index >= 15 is 0 Å². The summed E-state index contributed by atoms with van der Waals surface area (Å²) in [4.78, 5) is 11.1. The number of guanidine groups is 1. The lowest BCUT2D eigenvalue weighted by atomic mass is 10.1. The van der Waals surface area contributed by atoms with Gasteiger partial charge in [-0.25, -0.2) is 9.98 Å². The van der Waals surface area contributed by atoms with Gasteiger partial charge in [-0.2, -0.15) is 0 Å². The molecule has 0 saturated carbocycles. The standard InChI is InChI=1S/C22H33N5O/c1-6-12-28-20-13-17(3)8-9-19(20)16-26-22(23-7-2)25-15-18-10-11-24-21(14-18)27(4)5/h8-11,13-14H,6-7,12,15-16H2,1-5H3,(H2,23,25,26). The van der Waals surface area contributed by atoms with Crippen molar-refractivity contribution in [2.45, 2.75) is 40.3 Å². The Morgan fingerprint density at radius 3 is 2.68 bits per heavy atom. The number of anilines is 1. The summed E-state index contributed by atoms with van der Waals surface area (Å²) in [6, 6.07) is 10.4. The van der Waals surface area contributed by atoms with Gasteiger partial charge in [0.05, 0.1) is 13.2 Å². The minimum absolute atomic E-state index is 0.589. The topological polar surface area (TPSA) is 61.8 Å². The summed E-state index contributed by atoms with van der Waals surface area (Å²) in [5.74, 6) is 2.66. The zero-order valence-electron chi connectivity index (χ0n) is 17.7. The first-order valence-electron chi connectivity index (χ1n) is 9.90. The Balaban J connectivity index is 2.06. The molecular formula is C22H33N5O. The summed E-state index contributed by atoms with van der Waals surface area (Å²) >= 11 is 0. The summed E-state index contributed by atoms with van der Waals surface area (Å²) in [5.41, 5.74) is 3.45. The van der Waals surface area contributed by atoms with E-state index in [1.54, 1.807) is 0 Å². The third kappa shape index (κ3) is 6.76. The molecule has 1 aromatic carbocycles. The van der Waals surface area contributed by atoms with Crippen molar-refractivity contribution in [2.24, 2.45) is 4.99 Å². The predicted octanol–water partition coefficient (Wildman–Crippen LogP) is 3.50.